The maximum Gasteiger partial charge on any atom is 0.329 e. The number of nitrogens with zero attached hydrogens (tertiary/aromatic N) is 6. The van der Waals surface area contributed by atoms with Crippen LogP contribution >= 0.6 is 11.3 Å². The van der Waals surface area contributed by atoms with Gasteiger partial charge in [-0.05, 0) is 127 Å². The fraction of sp³-hybridized carbons (Fsp3) is 0.507. The third-order valence-corrected chi connectivity index (χ3v) is 18.5. The number of hydrogen-bond donors (Lipinski definition) is 3. The van der Waals surface area contributed by atoms with E-state index in [2.05, 4.69) is 25.9 Å². The molecule has 2 aromatic heterocycles. The van der Waals surface area contributed by atoms with Gasteiger partial charge < -0.3 is 63.4 Å². The van der Waals surface area contributed by atoms with Crippen LogP contribution in [0.4, 0.5) is 0 Å². The van der Waals surface area contributed by atoms with Gasteiger partial charge in [0.15, 0.2) is 23.0 Å². The first-order valence-corrected chi connectivity index (χ1v) is 32.5. The van der Waals surface area contributed by atoms with E-state index in [1.165, 1.54) is 4.90 Å². The number of benzene rings is 4. The Morgan fingerprint density at radius 2 is 1.48 bits per heavy atom. The Hall–Kier alpha value is -8.28. The lowest BCUT2D eigenvalue weighted by Crippen LogP contribution is -2.58. The molecule has 494 valence electrons. The molecule has 6 aromatic rings. The van der Waals surface area contributed by atoms with Crippen LogP contribution in [0.5, 0.6) is 34.5 Å². The molecule has 0 radical (unpaired) electrons. The van der Waals surface area contributed by atoms with Crippen LogP contribution in [0.25, 0.3) is 10.4 Å². The number of aromatic nitrogens is 4. The summed E-state index contributed by atoms with van der Waals surface area (Å²) in [4.78, 5) is 79.9. The molecule has 0 bridgehead atoms. The number of esters is 1. The number of aliphatic hydroxyl groups excluding tert-OH is 1. The summed E-state index contributed by atoms with van der Waals surface area (Å²) in [6.07, 6.45) is 7.86. The fourth-order valence-corrected chi connectivity index (χ4v) is 13.4. The Morgan fingerprint density at radius 3 is 2.16 bits per heavy atom. The average molecular weight is 1290 g/mol. The van der Waals surface area contributed by atoms with Crippen LogP contribution < -0.4 is 39.1 Å². The van der Waals surface area contributed by atoms with E-state index >= 15 is 4.79 Å². The molecule has 9 rings (SSSR count). The van der Waals surface area contributed by atoms with Gasteiger partial charge in [-0.2, -0.15) is 0 Å². The van der Waals surface area contributed by atoms with Crippen LogP contribution in [0.1, 0.15) is 131 Å². The Morgan fingerprint density at radius 1 is 0.761 bits per heavy atom. The van der Waals surface area contributed by atoms with Gasteiger partial charge in [-0.3, -0.25) is 19.2 Å². The Labute approximate surface area is 542 Å². The monoisotopic (exact) mass is 1280 g/mol. The van der Waals surface area contributed by atoms with Crippen molar-refractivity contribution in [3.8, 4) is 44.9 Å². The number of aliphatic hydroxyl groups is 1. The zero-order valence-corrected chi connectivity index (χ0v) is 55.1. The van der Waals surface area contributed by atoms with E-state index in [4.69, 9.17) is 37.9 Å². The molecule has 1 saturated carbocycles. The number of likely N-dealkylation sites (tertiary alicyclic amines) is 2. The highest BCUT2D eigenvalue weighted by atomic mass is 32.1. The lowest BCUT2D eigenvalue weighted by Gasteiger charge is -2.40. The summed E-state index contributed by atoms with van der Waals surface area (Å²) in [6, 6.07) is 21.9. The molecule has 1 aliphatic carbocycles. The second-order valence-electron chi connectivity index (χ2n) is 24.9. The average Bonchev–Trinajstić information content (AvgIpc) is 1.53. The number of piperidine rings is 1. The van der Waals surface area contributed by atoms with Crippen molar-refractivity contribution in [3.63, 3.8) is 0 Å². The molecule has 0 spiro atoms. The van der Waals surface area contributed by atoms with Crippen LogP contribution in [0.15, 0.2) is 90.6 Å². The second-order valence-corrected chi connectivity index (χ2v) is 25.7. The molecule has 4 amide bonds. The number of aryl methyl sites for hydroxylation is 2. The van der Waals surface area contributed by atoms with E-state index < -0.39 is 65.4 Å². The van der Waals surface area contributed by atoms with Gasteiger partial charge in [-0.25, -0.2) is 14.5 Å². The zero-order valence-electron chi connectivity index (χ0n) is 54.3. The molecule has 92 heavy (non-hydrogen) atoms. The van der Waals surface area contributed by atoms with Crippen molar-refractivity contribution in [2.75, 3.05) is 61.9 Å². The van der Waals surface area contributed by atoms with E-state index in [1.807, 2.05) is 107 Å². The van der Waals surface area contributed by atoms with E-state index in [9.17, 15) is 24.3 Å². The van der Waals surface area contributed by atoms with Gasteiger partial charge in [-0.1, -0.05) is 87.7 Å². The van der Waals surface area contributed by atoms with Gasteiger partial charge in [0.05, 0.1) is 83.0 Å². The molecule has 3 aliphatic rings. The summed E-state index contributed by atoms with van der Waals surface area (Å²) >= 11 is 1.56. The molecule has 6 atom stereocenters. The molecule has 4 aromatic carbocycles. The number of rotatable bonds is 28. The van der Waals surface area contributed by atoms with E-state index in [0.717, 1.165) is 77.8 Å². The molecule has 2 aliphatic heterocycles. The van der Waals surface area contributed by atoms with Crippen molar-refractivity contribution in [2.45, 2.75) is 154 Å². The summed E-state index contributed by atoms with van der Waals surface area (Å²) in [5.41, 5.74) is 6.83. The topological polar surface area (TPSA) is 254 Å². The first kappa shape index (κ1) is 68.1. The minimum Gasteiger partial charge on any atom is -0.493 e. The number of thiazole rings is 1. The molecule has 0 unspecified atom stereocenters. The number of carbonyl (C=O) groups is 5. The quantitative estimate of drug-likeness (QED) is 0.0306. The predicted molar refractivity (Wildman–Crippen MR) is 345 cm³/mol. The SMILES string of the molecule is COc1ccc(CC[C@H](OC(=O)[C@H]2CCCCN2C(=O)[C@H](c2cc(OC)c(OC)c(OC)c2)C2CCCCC2)c2cccc(OCc3cn(CCOCC(=O)N[C@H](C(=O)N4C[C@H](O)C[C@H]4C(=O)NCc4ccc(-c5scnc5C)cc4)C(C)(C)C)nn3)c2)cc1OC. The van der Waals surface area contributed by atoms with Crippen molar-refractivity contribution in [1.29, 1.82) is 0 Å². The molecule has 3 N–H and O–H groups in total. The summed E-state index contributed by atoms with van der Waals surface area (Å²) in [6.45, 7) is 8.05. The predicted octanol–water partition coefficient (Wildman–Crippen LogP) is 9.12. The standard InChI is InChI=1S/C69H88N8O14S/c1-43-63(92-42-71-43)47-25-21-45(22-26-47)37-70-65(80)54-36-51(78)39-77(54)67(82)64(69(2,3)4)72-60(79)41-89-31-30-75-38-50(73-74-75)40-90-52-19-15-18-48(33-52)55(27-23-44-24-28-56(84-5)57(32-44)85-6)91-68(83)53-20-13-14-29-76(53)66(81)61(46-16-11-10-12-17-46)49-34-58(86-7)62(88-9)59(35-49)87-8/h15,18-19,21-22,24-26,28,32-35,38,42,46,51,53-55,61,64,78H,10-14,16-17,20,23,27,29-31,36-37,39-41H2,1-9H3,(H,70,80)(H,72,79)/t51-,53-,54+,55+,61+,64-/m1/s1. The smallest absolute Gasteiger partial charge is 0.329 e. The van der Waals surface area contributed by atoms with E-state index in [-0.39, 0.29) is 57.7 Å². The molecular formula is C69H88N8O14S. The van der Waals surface area contributed by atoms with Crippen LogP contribution in [-0.2, 0) is 59.6 Å². The van der Waals surface area contributed by atoms with Crippen LogP contribution in [0, 0.1) is 18.3 Å². The largest absolute Gasteiger partial charge is 0.493 e. The van der Waals surface area contributed by atoms with Gasteiger partial charge >= 0.3 is 5.97 Å². The number of β-amino-alcohol motifs (C(OH)–C–C–N with tert-alkyl or cyclic N) is 1. The van der Waals surface area contributed by atoms with Crippen molar-refractivity contribution >= 4 is 40.9 Å². The third kappa shape index (κ3) is 17.0. The first-order chi connectivity index (χ1) is 44.4. The van der Waals surface area contributed by atoms with Crippen molar-refractivity contribution in [1.82, 2.24) is 40.4 Å². The highest BCUT2D eigenvalue weighted by Gasteiger charge is 2.45. The van der Waals surface area contributed by atoms with Crippen LogP contribution in [0.3, 0.4) is 0 Å². The Balaban J connectivity index is 0.809. The van der Waals surface area contributed by atoms with Crippen LogP contribution in [-0.4, -0.2) is 151 Å². The fourth-order valence-electron chi connectivity index (χ4n) is 12.6. The van der Waals surface area contributed by atoms with Gasteiger partial charge in [0.1, 0.15) is 48.9 Å². The number of carbonyl (C=O) groups excluding carboxylic acids is 5. The van der Waals surface area contributed by atoms with Crippen molar-refractivity contribution < 1.29 is 67.0 Å². The highest BCUT2D eigenvalue weighted by molar-refractivity contribution is 7.13. The lowest BCUT2D eigenvalue weighted by molar-refractivity contribution is -0.163. The first-order valence-electron chi connectivity index (χ1n) is 31.7. The second kappa shape index (κ2) is 31.8. The zero-order chi connectivity index (χ0) is 65.5. The van der Waals surface area contributed by atoms with Gasteiger partial charge in [0, 0.05) is 26.1 Å². The molecular weight excluding hydrogens is 1200 g/mol. The minimum atomic E-state index is -1.03. The maximum absolute atomic E-state index is 15.3. The third-order valence-electron chi connectivity index (χ3n) is 17.5. The lowest BCUT2D eigenvalue weighted by atomic mass is 9.75. The van der Waals surface area contributed by atoms with Gasteiger partial charge in [-0.15, -0.1) is 16.4 Å². The van der Waals surface area contributed by atoms with E-state index in [0.29, 0.717) is 71.6 Å². The summed E-state index contributed by atoms with van der Waals surface area (Å²) in [5, 5.41) is 25.0. The number of ether oxygens (including phenoxy) is 8. The number of hydrogen-bond acceptors (Lipinski definition) is 18. The number of methoxy groups -OCH3 is 5. The van der Waals surface area contributed by atoms with Gasteiger partial charge in [0.2, 0.25) is 29.4 Å². The molecule has 23 heteroatoms. The van der Waals surface area contributed by atoms with Crippen molar-refractivity contribution in [2.24, 2.45) is 11.3 Å². The summed E-state index contributed by atoms with van der Waals surface area (Å²) < 4.78 is 48.5. The van der Waals surface area contributed by atoms with Gasteiger partial charge in [0.25, 0.3) is 0 Å². The van der Waals surface area contributed by atoms with E-state index in [1.54, 1.807) is 68.2 Å². The summed E-state index contributed by atoms with van der Waals surface area (Å²) in [5.74, 6) is 0.539. The Kier molecular flexibility index (Phi) is 23.6. The van der Waals surface area contributed by atoms with Crippen LogP contribution in [0.2, 0.25) is 0 Å². The maximum atomic E-state index is 15.3. The molecule has 3 fully saturated rings. The number of amides is 4. The minimum absolute atomic E-state index is 0.0469. The molecule has 2 saturated heterocycles. The van der Waals surface area contributed by atoms with Crippen molar-refractivity contribution in [3.05, 3.63) is 124 Å². The molecule has 22 nitrogen and oxygen atoms in total. The Bertz CT molecular complexity index is 3450. The highest BCUT2D eigenvalue weighted by Crippen LogP contribution is 2.46. The normalized spacial score (nSPS) is 17.9. The molecule has 4 heterocycles. The summed E-state index contributed by atoms with van der Waals surface area (Å²) in [7, 11) is 7.85. The number of nitrogens with one attached hydrogen (secondary N) is 2.